The molecule has 0 aliphatic heterocycles. The van der Waals surface area contributed by atoms with Gasteiger partial charge in [-0.25, -0.2) is 0 Å². The molecule has 0 fully saturated rings. The van der Waals surface area contributed by atoms with Gasteiger partial charge < -0.3 is 1.43 Å². The Labute approximate surface area is 182 Å². The number of hydrogen-bond acceptors (Lipinski definition) is 0. The van der Waals surface area contributed by atoms with Crippen LogP contribution in [-0.4, -0.2) is 0 Å². The molecule has 0 spiro atoms. The largest absolute Gasteiger partial charge is 1.00 e. The van der Waals surface area contributed by atoms with Crippen molar-refractivity contribution >= 4 is 0 Å². The van der Waals surface area contributed by atoms with Crippen molar-refractivity contribution in [3.63, 3.8) is 0 Å². The summed E-state index contributed by atoms with van der Waals surface area (Å²) in [6.45, 7) is 4.59. The molecule has 0 amide bonds. The smallest absolute Gasteiger partial charge is 1.00 e. The molecule has 0 saturated heterocycles. The number of benzene rings is 1. The summed E-state index contributed by atoms with van der Waals surface area (Å²) in [5, 5.41) is 0. The minimum atomic E-state index is 0. The van der Waals surface area contributed by atoms with Gasteiger partial charge in [0.15, 0.2) is 0 Å². The molecule has 0 aliphatic rings. The molecule has 1 aromatic rings. The van der Waals surface area contributed by atoms with Crippen LogP contribution in [-0.2, 0) is 12.8 Å². The third-order valence-electron chi connectivity index (χ3n) is 5.22. The van der Waals surface area contributed by atoms with Gasteiger partial charge in [-0.05, 0) is 36.8 Å². The molecule has 1 rings (SSSR count). The quantitative estimate of drug-likeness (QED) is 0.276. The van der Waals surface area contributed by atoms with Crippen molar-refractivity contribution in [1.29, 1.82) is 0 Å². The first-order chi connectivity index (χ1) is 11.9. The van der Waals surface area contributed by atoms with Crippen molar-refractivity contribution in [1.82, 2.24) is 0 Å². The van der Waals surface area contributed by atoms with Crippen LogP contribution in [0.3, 0.4) is 0 Å². The molecule has 1 aromatic carbocycles. The van der Waals surface area contributed by atoms with E-state index in [2.05, 4.69) is 38.1 Å². The molecule has 0 aliphatic carbocycles. The Morgan fingerprint density at radius 2 is 0.840 bits per heavy atom. The second-order valence-corrected chi connectivity index (χ2v) is 7.51. The number of rotatable bonds is 16. The Hall–Kier alpha value is 0.220. The van der Waals surface area contributed by atoms with Gasteiger partial charge in [-0.2, -0.15) is 0 Å². The fraction of sp³-hybridized carbons (Fsp3) is 0.750. The van der Waals surface area contributed by atoms with E-state index in [1.54, 1.807) is 11.1 Å². The zero-order valence-electron chi connectivity index (χ0n) is 18.6. The van der Waals surface area contributed by atoms with Gasteiger partial charge >= 0.3 is 29.6 Å². The van der Waals surface area contributed by atoms with Crippen molar-refractivity contribution in [3.8, 4) is 0 Å². The van der Waals surface area contributed by atoms with E-state index in [0.29, 0.717) is 0 Å². The fourth-order valence-electron chi connectivity index (χ4n) is 3.59. The molecule has 0 radical (unpaired) electrons. The SMILES string of the molecule is CCCCCCCCCc1ccccc1CCCCCCCCC.[H-].[Na+]. The van der Waals surface area contributed by atoms with Crippen LogP contribution in [0, 0.1) is 0 Å². The molecule has 0 heterocycles. The van der Waals surface area contributed by atoms with E-state index in [9.17, 15) is 0 Å². The van der Waals surface area contributed by atoms with Crippen LogP contribution in [0.25, 0.3) is 0 Å². The average Bonchev–Trinajstić information content (AvgIpc) is 2.61. The van der Waals surface area contributed by atoms with E-state index in [-0.39, 0.29) is 31.0 Å². The van der Waals surface area contributed by atoms with Gasteiger partial charge in [0.05, 0.1) is 0 Å². The molecule has 0 saturated carbocycles. The molecular formula is C24H43Na. The average molecular weight is 355 g/mol. The summed E-state index contributed by atoms with van der Waals surface area (Å²) in [5.74, 6) is 0. The maximum absolute atomic E-state index is 2.37. The zero-order chi connectivity index (χ0) is 17.3. The molecule has 0 unspecified atom stereocenters. The van der Waals surface area contributed by atoms with Crippen LogP contribution in [0.2, 0.25) is 0 Å². The number of aryl methyl sites for hydroxylation is 2. The maximum Gasteiger partial charge on any atom is 1.00 e. The first-order valence-corrected chi connectivity index (χ1v) is 10.9. The summed E-state index contributed by atoms with van der Waals surface area (Å²) in [5.41, 5.74) is 3.24. The predicted molar refractivity (Wildman–Crippen MR) is 111 cm³/mol. The Balaban J connectivity index is 0. The minimum absolute atomic E-state index is 0. The summed E-state index contributed by atoms with van der Waals surface area (Å²) >= 11 is 0. The van der Waals surface area contributed by atoms with Crippen LogP contribution in [0.15, 0.2) is 24.3 Å². The first-order valence-electron chi connectivity index (χ1n) is 10.9. The van der Waals surface area contributed by atoms with E-state index >= 15 is 0 Å². The van der Waals surface area contributed by atoms with Crippen LogP contribution in [0.4, 0.5) is 0 Å². The summed E-state index contributed by atoms with van der Waals surface area (Å²) in [4.78, 5) is 0. The third-order valence-corrected chi connectivity index (χ3v) is 5.22. The van der Waals surface area contributed by atoms with E-state index in [1.807, 2.05) is 0 Å². The standard InChI is InChI=1S/C24H42.Na.H/c1-3-5-7-9-11-13-15-19-23-21-17-18-22-24(23)20-16-14-12-10-8-6-4-2;;/h17-18,21-22H,3-16,19-20H2,1-2H3;;/q;+1;-1. The Morgan fingerprint density at radius 1 is 0.520 bits per heavy atom. The molecule has 0 bridgehead atoms. The molecule has 0 aromatic heterocycles. The Bertz CT molecular complexity index is 355. The summed E-state index contributed by atoms with van der Waals surface area (Å²) in [6, 6.07) is 9.19. The van der Waals surface area contributed by atoms with E-state index in [4.69, 9.17) is 0 Å². The molecule has 1 heteroatoms. The van der Waals surface area contributed by atoms with Gasteiger partial charge in [-0.1, -0.05) is 115 Å². The maximum atomic E-state index is 2.37. The van der Waals surface area contributed by atoms with Crippen LogP contribution in [0.1, 0.15) is 116 Å². The zero-order valence-corrected chi connectivity index (χ0v) is 19.6. The molecule has 0 atom stereocenters. The van der Waals surface area contributed by atoms with Crippen molar-refractivity contribution in [2.24, 2.45) is 0 Å². The molecule has 140 valence electrons. The van der Waals surface area contributed by atoms with Crippen molar-refractivity contribution in [3.05, 3.63) is 35.4 Å². The first kappa shape index (κ1) is 25.2. The Kier molecular flexibility index (Phi) is 19.2. The number of unbranched alkanes of at least 4 members (excludes halogenated alkanes) is 12. The van der Waals surface area contributed by atoms with Crippen LogP contribution < -0.4 is 29.6 Å². The van der Waals surface area contributed by atoms with Gasteiger partial charge in [0.25, 0.3) is 0 Å². The van der Waals surface area contributed by atoms with Crippen LogP contribution >= 0.6 is 0 Å². The second-order valence-electron chi connectivity index (χ2n) is 7.51. The molecule has 0 N–H and O–H groups in total. The van der Waals surface area contributed by atoms with E-state index in [0.717, 1.165) is 0 Å². The van der Waals surface area contributed by atoms with Crippen LogP contribution in [0.5, 0.6) is 0 Å². The molecular weight excluding hydrogens is 311 g/mol. The van der Waals surface area contributed by atoms with Crippen molar-refractivity contribution in [2.45, 2.75) is 117 Å². The Morgan fingerprint density at radius 3 is 1.20 bits per heavy atom. The molecule has 0 nitrogen and oxygen atoms in total. The monoisotopic (exact) mass is 354 g/mol. The summed E-state index contributed by atoms with van der Waals surface area (Å²) in [6.07, 6.45) is 22.3. The van der Waals surface area contributed by atoms with Gasteiger partial charge in [0.1, 0.15) is 0 Å². The predicted octanol–water partition coefficient (Wildman–Crippen LogP) is 5.39. The third kappa shape index (κ3) is 14.0. The summed E-state index contributed by atoms with van der Waals surface area (Å²) < 4.78 is 0. The van der Waals surface area contributed by atoms with E-state index < -0.39 is 0 Å². The van der Waals surface area contributed by atoms with Gasteiger partial charge in [0.2, 0.25) is 0 Å². The van der Waals surface area contributed by atoms with E-state index in [1.165, 1.54) is 103 Å². The van der Waals surface area contributed by atoms with Gasteiger partial charge in [-0.3, -0.25) is 0 Å². The van der Waals surface area contributed by atoms with Gasteiger partial charge in [-0.15, -0.1) is 0 Å². The minimum Gasteiger partial charge on any atom is -1.00 e. The normalized spacial score (nSPS) is 10.6. The second kappa shape index (κ2) is 19.0. The fourth-order valence-corrected chi connectivity index (χ4v) is 3.59. The van der Waals surface area contributed by atoms with Gasteiger partial charge in [0, 0.05) is 0 Å². The summed E-state index contributed by atoms with van der Waals surface area (Å²) in [7, 11) is 0. The number of hydrogen-bond donors (Lipinski definition) is 0. The van der Waals surface area contributed by atoms with Crippen molar-refractivity contribution in [2.75, 3.05) is 0 Å². The van der Waals surface area contributed by atoms with Crippen molar-refractivity contribution < 1.29 is 31.0 Å². The molecule has 25 heavy (non-hydrogen) atoms. The topological polar surface area (TPSA) is 0 Å².